The van der Waals surface area contributed by atoms with Crippen molar-refractivity contribution >= 4 is 23.1 Å². The Balaban J connectivity index is 1.49. The van der Waals surface area contributed by atoms with Crippen LogP contribution in [0.4, 0.5) is 10.1 Å². The molecule has 1 saturated carbocycles. The molecule has 166 valence electrons. The van der Waals surface area contributed by atoms with Crippen molar-refractivity contribution in [3.05, 3.63) is 47.0 Å². The van der Waals surface area contributed by atoms with Crippen LogP contribution in [0.3, 0.4) is 0 Å². The highest BCUT2D eigenvalue weighted by Crippen LogP contribution is 2.32. The van der Waals surface area contributed by atoms with Crippen molar-refractivity contribution in [2.75, 3.05) is 25.1 Å². The molecule has 4 nitrogen and oxygen atoms in total. The second kappa shape index (κ2) is 10.6. The molecule has 0 unspecified atom stereocenters. The topological polar surface area (TPSA) is 51.2 Å². The van der Waals surface area contributed by atoms with E-state index in [0.717, 1.165) is 64.0 Å². The monoisotopic (exact) mass is 444 g/mol. The fourth-order valence-electron chi connectivity index (χ4n) is 4.61. The summed E-state index contributed by atoms with van der Waals surface area (Å²) < 4.78 is 19.8. The Morgan fingerprint density at radius 2 is 1.87 bits per heavy atom. The Hall–Kier alpha value is -1.98. The maximum atomic E-state index is 14.4. The molecule has 1 aromatic carbocycles. The van der Waals surface area contributed by atoms with Crippen molar-refractivity contribution in [2.24, 2.45) is 11.8 Å². The first-order valence-corrected chi connectivity index (χ1v) is 11.8. The number of rotatable bonds is 7. The molecule has 0 spiro atoms. The number of Topliss-reactive ketones (excluding diaryl/α,β-unsaturated/α-hetero) is 1. The van der Waals surface area contributed by atoms with Crippen molar-refractivity contribution in [1.29, 1.82) is 0 Å². The molecule has 2 aliphatic rings. The first kappa shape index (κ1) is 22.2. The van der Waals surface area contributed by atoms with Gasteiger partial charge in [-0.25, -0.2) is 4.39 Å². The van der Waals surface area contributed by atoms with Gasteiger partial charge in [0.25, 0.3) is 0 Å². The number of halogens is 2. The van der Waals surface area contributed by atoms with Crippen LogP contribution in [0, 0.1) is 17.7 Å². The largest absolute Gasteiger partial charge is 0.385 e. The van der Waals surface area contributed by atoms with Gasteiger partial charge >= 0.3 is 0 Å². The lowest BCUT2D eigenvalue weighted by Crippen LogP contribution is -2.22. The lowest BCUT2D eigenvalue weighted by molar-refractivity contribution is -0.123. The van der Waals surface area contributed by atoms with Gasteiger partial charge in [-0.15, -0.1) is 0 Å². The van der Waals surface area contributed by atoms with Crippen LogP contribution in [0.5, 0.6) is 0 Å². The Morgan fingerprint density at radius 3 is 2.65 bits per heavy atom. The SMILES string of the molecule is O=C(Cc1cc(-c2cc(F)cc(NCC3CCOCC3)c2)c(Cl)cn1)C1CCCCC1. The van der Waals surface area contributed by atoms with Gasteiger partial charge in [0, 0.05) is 55.2 Å². The van der Waals surface area contributed by atoms with E-state index in [1.807, 2.05) is 12.1 Å². The van der Waals surface area contributed by atoms with Crippen molar-refractivity contribution in [3.8, 4) is 11.1 Å². The third kappa shape index (κ3) is 6.05. The molecule has 0 bridgehead atoms. The zero-order valence-electron chi connectivity index (χ0n) is 17.8. The van der Waals surface area contributed by atoms with Gasteiger partial charge in [-0.05, 0) is 61.4 Å². The highest BCUT2D eigenvalue weighted by Gasteiger charge is 2.22. The molecule has 0 atom stereocenters. The van der Waals surface area contributed by atoms with Gasteiger partial charge in [-0.3, -0.25) is 9.78 Å². The van der Waals surface area contributed by atoms with Crippen molar-refractivity contribution in [2.45, 2.75) is 51.4 Å². The second-order valence-corrected chi connectivity index (χ2v) is 9.21. The smallest absolute Gasteiger partial charge is 0.141 e. The molecule has 2 fully saturated rings. The molecule has 2 aromatic rings. The van der Waals surface area contributed by atoms with Gasteiger partial charge in [-0.1, -0.05) is 30.9 Å². The minimum absolute atomic E-state index is 0.143. The van der Waals surface area contributed by atoms with Crippen LogP contribution in [0.25, 0.3) is 11.1 Å². The number of carbonyl (C=O) groups is 1. The highest BCUT2D eigenvalue weighted by atomic mass is 35.5. The van der Waals surface area contributed by atoms with Crippen molar-refractivity contribution in [1.82, 2.24) is 4.98 Å². The predicted octanol–water partition coefficient (Wildman–Crippen LogP) is 6.07. The molecule has 2 heterocycles. The Morgan fingerprint density at radius 1 is 1.10 bits per heavy atom. The number of hydrogen-bond acceptors (Lipinski definition) is 4. The van der Waals surface area contributed by atoms with Crippen molar-refractivity contribution < 1.29 is 13.9 Å². The van der Waals surface area contributed by atoms with Crippen LogP contribution in [-0.4, -0.2) is 30.5 Å². The fourth-order valence-corrected chi connectivity index (χ4v) is 4.82. The van der Waals surface area contributed by atoms with Crippen LogP contribution >= 0.6 is 11.6 Å². The number of nitrogens with zero attached hydrogens (tertiary/aromatic N) is 1. The van der Waals surface area contributed by atoms with E-state index in [1.165, 1.54) is 18.6 Å². The summed E-state index contributed by atoms with van der Waals surface area (Å²) in [6.07, 6.45) is 9.34. The maximum absolute atomic E-state index is 14.4. The number of ether oxygens (including phenoxy) is 1. The van der Waals surface area contributed by atoms with Crippen molar-refractivity contribution in [3.63, 3.8) is 0 Å². The van der Waals surface area contributed by atoms with E-state index in [9.17, 15) is 9.18 Å². The third-order valence-electron chi connectivity index (χ3n) is 6.47. The molecule has 4 rings (SSSR count). The summed E-state index contributed by atoms with van der Waals surface area (Å²) in [4.78, 5) is 17.1. The quantitative estimate of drug-likeness (QED) is 0.563. The van der Waals surface area contributed by atoms with Crippen LogP contribution in [-0.2, 0) is 16.0 Å². The number of nitrogens with one attached hydrogen (secondary N) is 1. The average Bonchev–Trinajstić information content (AvgIpc) is 2.80. The van der Waals surface area contributed by atoms with Gasteiger partial charge in [0.1, 0.15) is 11.6 Å². The van der Waals surface area contributed by atoms with E-state index in [1.54, 1.807) is 6.20 Å². The normalized spacial score (nSPS) is 18.1. The van der Waals surface area contributed by atoms with Gasteiger partial charge < -0.3 is 10.1 Å². The standard InChI is InChI=1S/C25H30ClFN2O2/c26-24-16-29-22(14-25(30)18-4-2-1-3-5-18)13-23(24)19-10-20(27)12-21(11-19)28-15-17-6-8-31-9-7-17/h10-13,16-18,28H,1-9,14-15H2. The lowest BCUT2D eigenvalue weighted by atomic mass is 9.84. The molecule has 1 aliphatic carbocycles. The summed E-state index contributed by atoms with van der Waals surface area (Å²) in [5.74, 6) is 0.602. The second-order valence-electron chi connectivity index (χ2n) is 8.80. The van der Waals surface area contributed by atoms with E-state index < -0.39 is 0 Å². The van der Waals surface area contributed by atoms with E-state index >= 15 is 0 Å². The fraction of sp³-hybridized carbons (Fsp3) is 0.520. The minimum Gasteiger partial charge on any atom is -0.385 e. The third-order valence-corrected chi connectivity index (χ3v) is 6.77. The average molecular weight is 445 g/mol. The number of aromatic nitrogens is 1. The summed E-state index contributed by atoms with van der Waals surface area (Å²) >= 11 is 6.42. The number of benzene rings is 1. The summed E-state index contributed by atoms with van der Waals surface area (Å²) in [5.41, 5.74) is 2.81. The molecule has 31 heavy (non-hydrogen) atoms. The van der Waals surface area contributed by atoms with Crippen LogP contribution in [0.2, 0.25) is 5.02 Å². The molecule has 1 aromatic heterocycles. The maximum Gasteiger partial charge on any atom is 0.141 e. The molecular weight excluding hydrogens is 415 g/mol. The van der Waals surface area contributed by atoms with E-state index in [4.69, 9.17) is 16.3 Å². The Bertz CT molecular complexity index is 908. The minimum atomic E-state index is -0.320. The lowest BCUT2D eigenvalue weighted by Gasteiger charge is -2.23. The molecule has 1 N–H and O–H groups in total. The molecular formula is C25H30ClFN2O2. The molecule has 1 saturated heterocycles. The number of ketones is 1. The number of pyridine rings is 1. The summed E-state index contributed by atoms with van der Waals surface area (Å²) in [6, 6.07) is 6.73. The molecule has 0 radical (unpaired) electrons. The first-order valence-electron chi connectivity index (χ1n) is 11.4. The Kier molecular flexibility index (Phi) is 7.57. The highest BCUT2D eigenvalue weighted by molar-refractivity contribution is 6.33. The van der Waals surface area contributed by atoms with E-state index in [2.05, 4.69) is 10.3 Å². The molecule has 1 aliphatic heterocycles. The molecule has 6 heteroatoms. The van der Waals surface area contributed by atoms with Crippen LogP contribution in [0.15, 0.2) is 30.5 Å². The summed E-state index contributed by atoms with van der Waals surface area (Å²) in [5, 5.41) is 3.82. The van der Waals surface area contributed by atoms with E-state index in [0.29, 0.717) is 34.2 Å². The zero-order valence-corrected chi connectivity index (χ0v) is 18.6. The first-order chi connectivity index (χ1) is 15.1. The number of anilines is 1. The zero-order chi connectivity index (χ0) is 21.6. The predicted molar refractivity (Wildman–Crippen MR) is 122 cm³/mol. The number of hydrogen-bond donors (Lipinski definition) is 1. The van der Waals surface area contributed by atoms with Gasteiger partial charge in [0.2, 0.25) is 0 Å². The van der Waals surface area contributed by atoms with Gasteiger partial charge in [-0.2, -0.15) is 0 Å². The summed E-state index contributed by atoms with van der Waals surface area (Å²) in [6.45, 7) is 2.36. The number of carbonyl (C=O) groups excluding carboxylic acids is 1. The van der Waals surface area contributed by atoms with Crippen LogP contribution < -0.4 is 5.32 Å². The Labute approximate surface area is 188 Å². The van der Waals surface area contributed by atoms with E-state index in [-0.39, 0.29) is 17.5 Å². The van der Waals surface area contributed by atoms with Crippen LogP contribution in [0.1, 0.15) is 50.6 Å². The van der Waals surface area contributed by atoms with Gasteiger partial charge in [0.15, 0.2) is 0 Å². The van der Waals surface area contributed by atoms with Gasteiger partial charge in [0.05, 0.1) is 5.02 Å². The summed E-state index contributed by atoms with van der Waals surface area (Å²) in [7, 11) is 0. The molecule has 0 amide bonds.